The fourth-order valence-electron chi connectivity index (χ4n) is 17.5. The number of aliphatic carboxylic acids is 2. The lowest BCUT2D eigenvalue weighted by Gasteiger charge is -2.53. The van der Waals surface area contributed by atoms with Crippen LogP contribution in [0.15, 0.2) is 0 Å². The number of carboxylic acids is 2. The van der Waals surface area contributed by atoms with Gasteiger partial charge in [-0.15, -0.1) is 0 Å². The maximum atomic E-state index is 14.4. The van der Waals surface area contributed by atoms with Crippen molar-refractivity contribution in [1.29, 1.82) is 0 Å². The number of aliphatic hydroxyl groups excluding tert-OH is 19. The molecule has 6 aliphatic rings. The second-order valence-electron chi connectivity index (χ2n) is 34.9. The summed E-state index contributed by atoms with van der Waals surface area (Å²) < 4.78 is 72.6. The molecule has 0 saturated carbocycles. The molecule has 24 N–H and O–H groups in total. The molecule has 0 radical (unpaired) electrons. The van der Waals surface area contributed by atoms with Crippen LogP contribution < -0.4 is 16.0 Å². The molecule has 6 fully saturated rings. The summed E-state index contributed by atoms with van der Waals surface area (Å²) in [7, 11) is 0. The minimum atomic E-state index is -3.67. The fraction of sp³-hybridized carbons (Fsp3) is 0.929. The normalized spacial score (nSPS) is 35.1. The zero-order chi connectivity index (χ0) is 93.8. The third-order valence-corrected chi connectivity index (χ3v) is 24.7. The van der Waals surface area contributed by atoms with E-state index in [1.807, 2.05) is 0 Å². The highest BCUT2D eigenvalue weighted by atomic mass is 16.8. The van der Waals surface area contributed by atoms with E-state index in [-0.39, 0.29) is 12.8 Å². The predicted octanol–water partition coefficient (Wildman–Crippen LogP) is -2.55. The van der Waals surface area contributed by atoms with E-state index in [0.29, 0.717) is 12.8 Å². The first kappa shape index (κ1) is 112. The number of ketones is 1. The number of unbranched alkanes of at least 4 members (excludes halogenated alkanes) is 26. The average molecular weight is 1840 g/mol. The third kappa shape index (κ3) is 32.8. The molecule has 6 heterocycles. The monoisotopic (exact) mass is 1840 g/mol. The highest BCUT2D eigenvalue weighted by molar-refractivity contribution is 5.78. The van der Waals surface area contributed by atoms with Gasteiger partial charge in [0.05, 0.1) is 88.8 Å². The van der Waals surface area contributed by atoms with Crippen LogP contribution in [0.2, 0.25) is 0 Å². The smallest absolute Gasteiger partial charge is 0.364 e. The van der Waals surface area contributed by atoms with Gasteiger partial charge in [0.1, 0.15) is 128 Å². The van der Waals surface area contributed by atoms with Crippen LogP contribution in [-0.2, 0) is 85.6 Å². The number of carbonyl (C=O) groups excluding carboxylic acids is 4. The molecular formula is C85H151N3O39. The molecule has 0 aromatic carbocycles. The summed E-state index contributed by atoms with van der Waals surface area (Å²) in [6, 6.07) is -5.01. The maximum absolute atomic E-state index is 14.4. The van der Waals surface area contributed by atoms with Crippen molar-refractivity contribution in [3.05, 3.63) is 0 Å². The Bertz CT molecular complexity index is 3140. The molecular weight excluding hydrogens is 1690 g/mol. The number of rotatable bonds is 61. The number of aliphatic hydroxyl groups is 19. The number of carboxylic acid groups (broad SMARTS) is 2. The minimum absolute atomic E-state index is 0.113. The van der Waals surface area contributed by atoms with Gasteiger partial charge in [0.2, 0.25) is 17.7 Å². The predicted molar refractivity (Wildman–Crippen MR) is 441 cm³/mol. The van der Waals surface area contributed by atoms with Gasteiger partial charge in [-0.05, 0) is 19.8 Å². The van der Waals surface area contributed by atoms with Crippen LogP contribution in [0.4, 0.5) is 0 Å². The molecule has 0 bridgehead atoms. The molecule has 0 aromatic heterocycles. The zero-order valence-electron chi connectivity index (χ0n) is 74.0. The van der Waals surface area contributed by atoms with Gasteiger partial charge in [0.15, 0.2) is 25.2 Å². The molecule has 127 heavy (non-hydrogen) atoms. The fourth-order valence-corrected chi connectivity index (χ4v) is 17.5. The Kier molecular flexibility index (Phi) is 49.9. The topological polar surface area (TPSA) is 674 Å². The summed E-state index contributed by atoms with van der Waals surface area (Å²) in [6.45, 7) is -0.706. The van der Waals surface area contributed by atoms with Gasteiger partial charge >= 0.3 is 11.9 Å². The van der Waals surface area contributed by atoms with Crippen molar-refractivity contribution in [3.8, 4) is 0 Å². The molecule has 6 saturated heterocycles. The van der Waals surface area contributed by atoms with Crippen LogP contribution in [0.25, 0.3) is 0 Å². The number of hydrogen-bond donors (Lipinski definition) is 24. The first-order valence-electron chi connectivity index (χ1n) is 45.8. The minimum Gasteiger partial charge on any atom is -0.477 e. The number of carbonyl (C=O) groups is 6. The highest BCUT2D eigenvalue weighted by Gasteiger charge is 2.64. The number of nitrogens with one attached hydrogen (secondary N) is 3. The van der Waals surface area contributed by atoms with Crippen LogP contribution in [0.1, 0.15) is 247 Å². The number of amides is 3. The molecule has 3 amide bonds. The summed E-state index contributed by atoms with van der Waals surface area (Å²) in [5.41, 5.74) is 0. The van der Waals surface area contributed by atoms with Crippen molar-refractivity contribution >= 4 is 35.4 Å². The van der Waals surface area contributed by atoms with E-state index >= 15 is 0 Å². The van der Waals surface area contributed by atoms with Gasteiger partial charge in [-0.2, -0.15) is 0 Å². The van der Waals surface area contributed by atoms with Crippen molar-refractivity contribution in [1.82, 2.24) is 16.0 Å². The maximum Gasteiger partial charge on any atom is 0.364 e. The Hall–Kier alpha value is -4.22. The molecule has 0 spiro atoms. The molecule has 740 valence electrons. The van der Waals surface area contributed by atoms with Crippen molar-refractivity contribution in [2.24, 2.45) is 5.92 Å². The lowest BCUT2D eigenvalue weighted by molar-refractivity contribution is -0.407. The van der Waals surface area contributed by atoms with E-state index in [1.54, 1.807) is 0 Å². The SMILES string of the molecule is CCCCCCCCCCCCCCCCCC(=O)N[C@@H](CO[C@@H]1O[C@H](CO)[C@@H](O[C@@H]2O[C@H](CO)[C@H](O[C@@H]3O[C@H](CO)[C@H](O)[C@H](O[C@@H]4O[C@H](CO)[C@H](O)[C@H](O)[C@H]4O)[C@H]3CC(C)=O)[C@H](O[C@]3(C(=O)O)C[C@H](O)[C@@H](NC(C)=O)C([C@H](O)[C@@H](CO)O[C@]4(C(=O)O)C[C@H](O)[C@@H](NC(C)=O)C([C@H](O)[C@H](O)CO)O4)O3)[C@H]2O)[C@H](O)[C@H]1O)[C@H](O)CCCCCCCCCCCCCCC. The number of hydrogen-bond acceptors (Lipinski definition) is 37. The van der Waals surface area contributed by atoms with Crippen molar-refractivity contribution in [2.75, 3.05) is 46.2 Å². The summed E-state index contributed by atoms with van der Waals surface area (Å²) in [5, 5.41) is 245. The van der Waals surface area contributed by atoms with E-state index in [2.05, 4.69) is 29.8 Å². The third-order valence-electron chi connectivity index (χ3n) is 24.7. The molecule has 42 nitrogen and oxygen atoms in total. The van der Waals surface area contributed by atoms with Gasteiger partial charge in [0.25, 0.3) is 11.6 Å². The molecule has 6 aliphatic heterocycles. The second kappa shape index (κ2) is 56.8. The largest absolute Gasteiger partial charge is 0.477 e. The molecule has 42 heteroatoms. The van der Waals surface area contributed by atoms with Crippen LogP contribution in [-0.4, -0.2) is 390 Å². The quantitative estimate of drug-likeness (QED) is 0.0279. The van der Waals surface area contributed by atoms with Gasteiger partial charge in [0, 0.05) is 45.4 Å². The van der Waals surface area contributed by atoms with Gasteiger partial charge in [-0.25, -0.2) is 9.59 Å². The van der Waals surface area contributed by atoms with Gasteiger partial charge in [-0.1, -0.05) is 187 Å². The van der Waals surface area contributed by atoms with E-state index < -0.39 is 308 Å². The Morgan fingerprint density at radius 3 is 1.30 bits per heavy atom. The van der Waals surface area contributed by atoms with Crippen LogP contribution in [0.5, 0.6) is 0 Å². The number of ether oxygens (including phenoxy) is 12. The number of Topliss-reactive ketones (excluding diaryl/α,β-unsaturated/α-hetero) is 1. The van der Waals surface area contributed by atoms with Crippen molar-refractivity contribution in [3.63, 3.8) is 0 Å². The molecule has 34 atom stereocenters. The van der Waals surface area contributed by atoms with Gasteiger partial charge < -0.3 is 185 Å². The Labute approximate surface area is 741 Å². The summed E-state index contributed by atoms with van der Waals surface area (Å²) >= 11 is 0. The highest BCUT2D eigenvalue weighted by Crippen LogP contribution is 2.44. The van der Waals surface area contributed by atoms with Gasteiger partial charge in [-0.3, -0.25) is 14.4 Å². The Morgan fingerprint density at radius 1 is 0.417 bits per heavy atom. The van der Waals surface area contributed by atoms with Crippen LogP contribution in [0, 0.1) is 5.92 Å². The first-order valence-corrected chi connectivity index (χ1v) is 45.8. The Balaban J connectivity index is 1.33. The van der Waals surface area contributed by atoms with Crippen LogP contribution >= 0.6 is 0 Å². The van der Waals surface area contributed by atoms with E-state index in [0.717, 1.165) is 91.4 Å². The standard InChI is InChI=1S/C85H151N3O39/c1-6-8-10-12-14-16-18-20-21-23-25-27-29-31-33-35-60(102)88-50(51(98)34-32-30-28-26-24-22-19-17-15-13-11-9-7-2)45-116-79-70(110)68(108)73(58(43-93)119-79)122-81-71(111)77(74(59(44-94)120-81)123-78-49(36-46(3)95)72(65(105)56(41-91)117-78)121-80-69(109)67(107)64(104)55(40-90)118-80)127-85(83(114)115)38-53(100)62(87-48(5)97)76(126-85)66(106)57(42-92)124-84(82(112)113)37-52(99)61(86-47(4)96)75(125-84)63(103)54(101)39-89/h49-59,61-81,89-94,98-101,103-111H,6-45H2,1-5H3,(H,86,96)(H,87,97)(H,88,102)(H,112,113)(H,114,115)/t49-,50+,51-,52+,53+,54-,55-,56-,57-,58-,59-,61-,62-,63-,64+,65+,66-,67+,68-,69-,70-,71-,72-,73-,74+,75?,76?,77-,78+,79-,80+,81+,84-,85+/m1/s1. The second-order valence-corrected chi connectivity index (χ2v) is 34.9. The molecule has 6 rings (SSSR count). The summed E-state index contributed by atoms with van der Waals surface area (Å²) in [5.74, 6) is -16.5. The molecule has 0 aromatic rings. The van der Waals surface area contributed by atoms with E-state index in [4.69, 9.17) is 56.8 Å². The summed E-state index contributed by atoms with van der Waals surface area (Å²) in [6.07, 6.45) is -33.7. The average Bonchev–Trinajstić information content (AvgIpc) is 0.733. The van der Waals surface area contributed by atoms with Crippen molar-refractivity contribution in [2.45, 2.75) is 448 Å². The Morgan fingerprint density at radius 2 is 0.827 bits per heavy atom. The first-order chi connectivity index (χ1) is 60.6. The van der Waals surface area contributed by atoms with Crippen molar-refractivity contribution < 1.29 is 193 Å². The molecule has 2 unspecified atom stereocenters. The summed E-state index contributed by atoms with van der Waals surface area (Å²) in [4.78, 5) is 80.5. The lowest BCUT2D eigenvalue weighted by atomic mass is 9.86. The van der Waals surface area contributed by atoms with E-state index in [9.17, 15) is 136 Å². The molecule has 0 aliphatic carbocycles. The van der Waals surface area contributed by atoms with E-state index in [1.165, 1.54) is 96.3 Å². The zero-order valence-corrected chi connectivity index (χ0v) is 74.0. The lowest BCUT2D eigenvalue weighted by Crippen LogP contribution is -2.72. The van der Waals surface area contributed by atoms with Crippen LogP contribution in [0.3, 0.4) is 0 Å².